The molecule has 0 aliphatic carbocycles. The van der Waals surface area contributed by atoms with Gasteiger partial charge in [0.1, 0.15) is 23.0 Å². The molecule has 0 saturated carbocycles. The lowest BCUT2D eigenvalue weighted by molar-refractivity contribution is 0.418. The third-order valence-corrected chi connectivity index (χ3v) is 3.77. The van der Waals surface area contributed by atoms with Crippen LogP contribution in [0, 0.1) is 0 Å². The largest absolute Gasteiger partial charge is 0.507 e. The molecule has 3 rings (SSSR count). The number of ether oxygens (including phenoxy) is 1. The zero-order chi connectivity index (χ0) is 14.1. The molecule has 1 heterocycles. The molecule has 1 aliphatic rings. The van der Waals surface area contributed by atoms with Crippen molar-refractivity contribution in [3.8, 4) is 23.0 Å². The molecule has 0 saturated heterocycles. The van der Waals surface area contributed by atoms with Crippen molar-refractivity contribution in [2.45, 2.75) is 32.6 Å². The Bertz CT molecular complexity index is 647. The Kier molecular flexibility index (Phi) is 3.26. The van der Waals surface area contributed by atoms with E-state index in [9.17, 15) is 10.2 Å². The molecule has 0 radical (unpaired) electrons. The molecule has 0 spiro atoms. The maximum Gasteiger partial charge on any atom is 0.141 e. The van der Waals surface area contributed by atoms with Gasteiger partial charge < -0.3 is 14.9 Å². The minimum atomic E-state index is 0.113. The summed E-state index contributed by atoms with van der Waals surface area (Å²) < 4.78 is 6.03. The van der Waals surface area contributed by atoms with Gasteiger partial charge in [0, 0.05) is 17.2 Å². The summed E-state index contributed by atoms with van der Waals surface area (Å²) in [6.07, 6.45) is 3.19. The van der Waals surface area contributed by atoms with Gasteiger partial charge in [0.2, 0.25) is 0 Å². The normalized spacial score (nSPS) is 13.1. The van der Waals surface area contributed by atoms with Crippen LogP contribution in [0.15, 0.2) is 30.3 Å². The van der Waals surface area contributed by atoms with Gasteiger partial charge in [0.15, 0.2) is 0 Å². The highest BCUT2D eigenvalue weighted by Crippen LogP contribution is 2.44. The van der Waals surface area contributed by atoms with Crippen LogP contribution in [0.4, 0.5) is 0 Å². The molecule has 0 bridgehead atoms. The van der Waals surface area contributed by atoms with Crippen molar-refractivity contribution in [2.24, 2.45) is 0 Å². The number of aromatic hydroxyl groups is 2. The third kappa shape index (κ3) is 2.09. The number of benzene rings is 2. The van der Waals surface area contributed by atoms with Gasteiger partial charge in [0.25, 0.3) is 0 Å². The zero-order valence-corrected chi connectivity index (χ0v) is 11.5. The summed E-state index contributed by atoms with van der Waals surface area (Å²) in [5, 5.41) is 20.2. The summed E-state index contributed by atoms with van der Waals surface area (Å²) >= 11 is 0. The number of phenols is 2. The second-order valence-corrected chi connectivity index (χ2v) is 5.16. The molecule has 2 N–H and O–H groups in total. The van der Waals surface area contributed by atoms with E-state index in [1.165, 1.54) is 6.07 Å². The van der Waals surface area contributed by atoms with Gasteiger partial charge >= 0.3 is 0 Å². The van der Waals surface area contributed by atoms with E-state index >= 15 is 0 Å². The van der Waals surface area contributed by atoms with Crippen LogP contribution in [0.25, 0.3) is 0 Å². The smallest absolute Gasteiger partial charge is 0.141 e. The van der Waals surface area contributed by atoms with E-state index in [0.29, 0.717) is 5.75 Å². The van der Waals surface area contributed by atoms with Crippen LogP contribution in [-0.2, 0) is 19.3 Å². The lowest BCUT2D eigenvalue weighted by atomic mass is 9.98. The Morgan fingerprint density at radius 1 is 1.10 bits per heavy atom. The van der Waals surface area contributed by atoms with Crippen molar-refractivity contribution in [3.63, 3.8) is 0 Å². The highest BCUT2D eigenvalue weighted by Gasteiger charge is 2.23. The second-order valence-electron chi connectivity index (χ2n) is 5.16. The molecule has 104 valence electrons. The molecule has 2 aromatic carbocycles. The summed E-state index contributed by atoms with van der Waals surface area (Å²) in [6.45, 7) is 2.06. The van der Waals surface area contributed by atoms with Gasteiger partial charge in [-0.3, -0.25) is 0 Å². The van der Waals surface area contributed by atoms with E-state index in [0.717, 1.165) is 48.1 Å². The van der Waals surface area contributed by atoms with Gasteiger partial charge in [-0.1, -0.05) is 31.5 Å². The molecule has 20 heavy (non-hydrogen) atoms. The van der Waals surface area contributed by atoms with Gasteiger partial charge in [-0.2, -0.15) is 0 Å². The van der Waals surface area contributed by atoms with Crippen molar-refractivity contribution in [1.29, 1.82) is 0 Å². The maximum atomic E-state index is 10.1. The maximum absolute atomic E-state index is 10.1. The van der Waals surface area contributed by atoms with E-state index in [1.54, 1.807) is 0 Å². The highest BCUT2D eigenvalue weighted by molar-refractivity contribution is 5.59. The zero-order valence-electron chi connectivity index (χ0n) is 11.5. The molecule has 0 atom stereocenters. The Morgan fingerprint density at radius 3 is 2.70 bits per heavy atom. The number of hydrogen-bond donors (Lipinski definition) is 2. The van der Waals surface area contributed by atoms with Crippen molar-refractivity contribution >= 4 is 0 Å². The number of aryl methyl sites for hydroxylation is 1. The second kappa shape index (κ2) is 5.08. The highest BCUT2D eigenvalue weighted by atomic mass is 16.5. The van der Waals surface area contributed by atoms with Crippen LogP contribution < -0.4 is 4.74 Å². The predicted octanol–water partition coefficient (Wildman–Crippen LogP) is 3.94. The number of fused-ring (bicyclic) bond motifs is 2. The van der Waals surface area contributed by atoms with E-state index in [4.69, 9.17) is 4.74 Å². The standard InChI is InChI=1S/C17H18O3/c1-2-5-12-14(18)10-15(19)13-9-8-11-6-3-4-7-16(11)20-17(12)13/h3-4,6-7,10,18-19H,2,5,8-9H2,1H3. The van der Waals surface area contributed by atoms with Crippen LogP contribution in [0.1, 0.15) is 30.0 Å². The Hall–Kier alpha value is -2.16. The van der Waals surface area contributed by atoms with Crippen LogP contribution in [-0.4, -0.2) is 10.2 Å². The van der Waals surface area contributed by atoms with E-state index in [-0.39, 0.29) is 11.5 Å². The van der Waals surface area contributed by atoms with Crippen molar-refractivity contribution in [3.05, 3.63) is 47.0 Å². The fourth-order valence-corrected chi connectivity index (χ4v) is 2.75. The summed E-state index contributed by atoms with van der Waals surface area (Å²) in [7, 11) is 0. The molecule has 2 aromatic rings. The first-order chi connectivity index (χ1) is 9.70. The summed E-state index contributed by atoms with van der Waals surface area (Å²) in [5.74, 6) is 1.68. The number of para-hydroxylation sites is 1. The monoisotopic (exact) mass is 270 g/mol. The number of phenolic OH excluding ortho intramolecular Hbond substituents is 2. The van der Waals surface area contributed by atoms with Crippen molar-refractivity contribution in [1.82, 2.24) is 0 Å². The summed E-state index contributed by atoms with van der Waals surface area (Å²) in [6, 6.07) is 9.33. The third-order valence-electron chi connectivity index (χ3n) is 3.77. The minimum absolute atomic E-state index is 0.113. The Balaban J connectivity index is 2.17. The van der Waals surface area contributed by atoms with Crippen molar-refractivity contribution < 1.29 is 14.9 Å². The first-order valence-corrected chi connectivity index (χ1v) is 7.03. The van der Waals surface area contributed by atoms with Crippen LogP contribution in [0.5, 0.6) is 23.0 Å². The van der Waals surface area contributed by atoms with Crippen LogP contribution >= 0.6 is 0 Å². The molecular weight excluding hydrogens is 252 g/mol. The first-order valence-electron chi connectivity index (χ1n) is 7.03. The number of rotatable bonds is 2. The van der Waals surface area contributed by atoms with Crippen LogP contribution in [0.3, 0.4) is 0 Å². The summed E-state index contributed by atoms with van der Waals surface area (Å²) in [5.41, 5.74) is 2.71. The summed E-state index contributed by atoms with van der Waals surface area (Å²) in [4.78, 5) is 0. The molecule has 3 heteroatoms. The van der Waals surface area contributed by atoms with Gasteiger partial charge in [-0.15, -0.1) is 0 Å². The van der Waals surface area contributed by atoms with E-state index in [2.05, 4.69) is 6.92 Å². The SMILES string of the molecule is CCCc1c(O)cc(O)c2c1Oc1ccccc1CC2. The molecule has 0 aromatic heterocycles. The fourth-order valence-electron chi connectivity index (χ4n) is 2.75. The first kappa shape index (κ1) is 12.9. The quantitative estimate of drug-likeness (QED) is 0.869. The van der Waals surface area contributed by atoms with Crippen molar-refractivity contribution in [2.75, 3.05) is 0 Å². The number of hydrogen-bond acceptors (Lipinski definition) is 3. The lowest BCUT2D eigenvalue weighted by Crippen LogP contribution is -1.97. The average Bonchev–Trinajstić information content (AvgIpc) is 2.63. The lowest BCUT2D eigenvalue weighted by Gasteiger charge is -2.16. The van der Waals surface area contributed by atoms with Gasteiger partial charge in [-0.25, -0.2) is 0 Å². The Morgan fingerprint density at radius 2 is 1.90 bits per heavy atom. The van der Waals surface area contributed by atoms with E-state index in [1.807, 2.05) is 24.3 Å². The molecular formula is C17H18O3. The molecule has 1 aliphatic heterocycles. The molecule has 0 fully saturated rings. The molecule has 0 amide bonds. The molecule has 0 unspecified atom stereocenters. The van der Waals surface area contributed by atoms with E-state index < -0.39 is 0 Å². The molecule has 3 nitrogen and oxygen atoms in total. The van der Waals surface area contributed by atoms with Gasteiger partial charge in [-0.05, 0) is 30.9 Å². The van der Waals surface area contributed by atoms with Gasteiger partial charge in [0.05, 0.1) is 0 Å². The topological polar surface area (TPSA) is 49.7 Å². The predicted molar refractivity (Wildman–Crippen MR) is 77.7 cm³/mol. The van der Waals surface area contributed by atoms with Crippen LogP contribution in [0.2, 0.25) is 0 Å². The Labute approximate surface area is 118 Å². The fraction of sp³-hybridized carbons (Fsp3) is 0.294. The minimum Gasteiger partial charge on any atom is -0.507 e. The average molecular weight is 270 g/mol.